The van der Waals surface area contributed by atoms with Crippen LogP contribution in [0.25, 0.3) is 0 Å². The monoisotopic (exact) mass is 652 g/mol. The van der Waals surface area contributed by atoms with Crippen LogP contribution in [0.4, 0.5) is 0 Å². The molecule has 0 saturated carbocycles. The lowest BCUT2D eigenvalue weighted by molar-refractivity contribution is 0.472. The van der Waals surface area contributed by atoms with Gasteiger partial charge in [0.1, 0.15) is 35.7 Å². The van der Waals surface area contributed by atoms with Crippen LogP contribution in [-0.4, -0.2) is 35.1 Å². The highest BCUT2D eigenvalue weighted by molar-refractivity contribution is 5.93. The fraction of sp³-hybridized carbons (Fsp3) is 0.0909. The molecule has 1 aliphatic rings. The SMILES string of the molecule is Oc1c2cccc1C=N[C@@H](c1ccccc1)C(c1ccccc1)N=Cc1cccc(c1O)C=N[C@@H](c1ccccc1)C(c1ccccc1)N=C2. The molecule has 0 saturated heterocycles. The van der Waals surface area contributed by atoms with E-state index in [9.17, 15) is 10.2 Å². The first-order valence-corrected chi connectivity index (χ1v) is 16.6. The molecule has 4 atom stereocenters. The summed E-state index contributed by atoms with van der Waals surface area (Å²) in [5.41, 5.74) is 6.09. The van der Waals surface area contributed by atoms with E-state index in [-0.39, 0.29) is 11.5 Å². The normalized spacial score (nSPS) is 19.0. The Hall–Kier alpha value is -6.40. The number of aromatic hydroxyl groups is 2. The van der Waals surface area contributed by atoms with E-state index in [1.165, 1.54) is 0 Å². The predicted octanol–water partition coefficient (Wildman–Crippen LogP) is 9.45. The number of benzene rings is 6. The van der Waals surface area contributed by atoms with E-state index in [2.05, 4.69) is 0 Å². The molecule has 6 aromatic carbocycles. The molecule has 0 radical (unpaired) electrons. The van der Waals surface area contributed by atoms with Crippen LogP contribution >= 0.6 is 0 Å². The van der Waals surface area contributed by atoms with Gasteiger partial charge in [-0.15, -0.1) is 0 Å². The van der Waals surface area contributed by atoms with Gasteiger partial charge in [0.05, 0.1) is 0 Å². The summed E-state index contributed by atoms with van der Waals surface area (Å²) in [5, 5.41) is 23.1. The molecule has 0 spiro atoms. The van der Waals surface area contributed by atoms with Crippen LogP contribution < -0.4 is 0 Å². The first-order chi connectivity index (χ1) is 24.7. The smallest absolute Gasteiger partial charge is 0.133 e. The Morgan fingerprint density at radius 3 is 0.720 bits per heavy atom. The van der Waals surface area contributed by atoms with Crippen molar-refractivity contribution in [2.24, 2.45) is 20.0 Å². The summed E-state index contributed by atoms with van der Waals surface area (Å²) in [6, 6.07) is 49.4. The van der Waals surface area contributed by atoms with Gasteiger partial charge < -0.3 is 10.2 Å². The maximum Gasteiger partial charge on any atom is 0.133 e. The van der Waals surface area contributed by atoms with Crippen molar-refractivity contribution in [1.29, 1.82) is 0 Å². The quantitative estimate of drug-likeness (QED) is 0.199. The molecule has 0 fully saturated rings. The maximum absolute atomic E-state index is 11.6. The van der Waals surface area contributed by atoms with Crippen molar-refractivity contribution in [2.45, 2.75) is 24.2 Å². The largest absolute Gasteiger partial charge is 0.507 e. The van der Waals surface area contributed by atoms with Crippen LogP contribution in [0.3, 0.4) is 0 Å². The minimum atomic E-state index is -0.438. The lowest BCUT2D eigenvalue weighted by atomic mass is 9.93. The van der Waals surface area contributed by atoms with E-state index in [1.807, 2.05) is 158 Å². The van der Waals surface area contributed by atoms with Gasteiger partial charge >= 0.3 is 0 Å². The zero-order valence-corrected chi connectivity index (χ0v) is 27.3. The van der Waals surface area contributed by atoms with Gasteiger partial charge in [0, 0.05) is 47.1 Å². The standard InChI is InChI=1S/C44H36N4O2/c49-43-35-23-13-25-37(43)29-47-41(33-19-9-3-10-20-33)42(34-21-11-4-12-22-34)48-30-38-26-14-24-36(44(38)50)28-46-40(32-17-7-2-8-18-32)39(45-27-35)31-15-5-1-6-16-31/h1-30,39-42,49-50H/t39-,40?,41?,42-/m0/s1. The first-order valence-electron chi connectivity index (χ1n) is 16.6. The Morgan fingerprint density at radius 1 is 0.280 bits per heavy atom. The number of hydrogen-bond acceptors (Lipinski definition) is 6. The maximum atomic E-state index is 11.6. The average molecular weight is 653 g/mol. The predicted molar refractivity (Wildman–Crippen MR) is 203 cm³/mol. The van der Waals surface area contributed by atoms with Gasteiger partial charge in [0.2, 0.25) is 0 Å². The molecule has 0 aliphatic carbocycles. The summed E-state index contributed by atoms with van der Waals surface area (Å²) in [6.45, 7) is 0. The van der Waals surface area contributed by atoms with Crippen LogP contribution in [0.5, 0.6) is 11.5 Å². The highest BCUT2D eigenvalue weighted by Gasteiger charge is 2.25. The van der Waals surface area contributed by atoms with Gasteiger partial charge in [0.15, 0.2) is 0 Å². The average Bonchev–Trinajstić information content (AvgIpc) is 3.17. The van der Waals surface area contributed by atoms with Gasteiger partial charge in [-0.25, -0.2) is 0 Å². The molecule has 6 aromatic rings. The second-order valence-electron chi connectivity index (χ2n) is 12.1. The van der Waals surface area contributed by atoms with Gasteiger partial charge in [-0.2, -0.15) is 0 Å². The van der Waals surface area contributed by atoms with Gasteiger partial charge in [0.25, 0.3) is 0 Å². The fourth-order valence-electron chi connectivity index (χ4n) is 6.22. The number of aliphatic imine (C=N–C) groups is 4. The van der Waals surface area contributed by atoms with Gasteiger partial charge in [-0.05, 0) is 46.5 Å². The lowest BCUT2D eigenvalue weighted by Crippen LogP contribution is -2.10. The second-order valence-corrected chi connectivity index (χ2v) is 12.1. The van der Waals surface area contributed by atoms with E-state index in [1.54, 1.807) is 24.9 Å². The Balaban J connectivity index is 1.44. The zero-order chi connectivity index (χ0) is 34.1. The van der Waals surface area contributed by atoms with Crippen molar-refractivity contribution >= 4 is 24.9 Å². The van der Waals surface area contributed by atoms with E-state index in [0.717, 1.165) is 22.3 Å². The minimum absolute atomic E-state index is 0.0826. The summed E-state index contributed by atoms with van der Waals surface area (Å²) in [4.78, 5) is 20.4. The summed E-state index contributed by atoms with van der Waals surface area (Å²) >= 11 is 0. The molecule has 6 nitrogen and oxygen atoms in total. The Bertz CT molecular complexity index is 1840. The Kier molecular flexibility index (Phi) is 9.79. The molecule has 4 bridgehead atoms. The molecule has 2 N–H and O–H groups in total. The molecule has 2 unspecified atom stereocenters. The Labute approximate surface area is 292 Å². The third kappa shape index (κ3) is 7.20. The summed E-state index contributed by atoms with van der Waals surface area (Å²) in [6.07, 6.45) is 6.84. The molecule has 50 heavy (non-hydrogen) atoms. The van der Waals surface area contributed by atoms with Crippen molar-refractivity contribution in [2.75, 3.05) is 0 Å². The number of fused-ring (bicyclic) bond motifs is 4. The zero-order valence-electron chi connectivity index (χ0n) is 27.3. The minimum Gasteiger partial charge on any atom is -0.507 e. The molecule has 0 aromatic heterocycles. The summed E-state index contributed by atoms with van der Waals surface area (Å²) in [7, 11) is 0. The summed E-state index contributed by atoms with van der Waals surface area (Å²) < 4.78 is 0. The number of para-hydroxylation sites is 2. The number of phenols is 2. The van der Waals surface area contributed by atoms with E-state index in [0.29, 0.717) is 22.3 Å². The molecule has 1 aliphatic heterocycles. The van der Waals surface area contributed by atoms with Gasteiger partial charge in [-0.1, -0.05) is 133 Å². The Morgan fingerprint density at radius 2 is 0.500 bits per heavy atom. The topological polar surface area (TPSA) is 89.9 Å². The van der Waals surface area contributed by atoms with Crippen LogP contribution in [0.2, 0.25) is 0 Å². The number of rotatable bonds is 4. The highest BCUT2D eigenvalue weighted by Crippen LogP contribution is 2.38. The third-order valence-corrected chi connectivity index (χ3v) is 8.86. The van der Waals surface area contributed by atoms with Crippen molar-refractivity contribution in [3.8, 4) is 11.5 Å². The molecule has 6 heteroatoms. The molecule has 0 amide bonds. The van der Waals surface area contributed by atoms with Crippen LogP contribution in [-0.2, 0) is 0 Å². The third-order valence-electron chi connectivity index (χ3n) is 8.86. The molecular formula is C44H36N4O2. The van der Waals surface area contributed by atoms with Crippen molar-refractivity contribution in [3.05, 3.63) is 202 Å². The lowest BCUT2D eigenvalue weighted by Gasteiger charge is -2.23. The van der Waals surface area contributed by atoms with E-state index < -0.39 is 24.2 Å². The van der Waals surface area contributed by atoms with E-state index in [4.69, 9.17) is 20.0 Å². The van der Waals surface area contributed by atoms with Crippen molar-refractivity contribution in [1.82, 2.24) is 0 Å². The summed E-state index contributed by atoms with van der Waals surface area (Å²) in [5.74, 6) is 0.165. The number of nitrogens with zero attached hydrogens (tertiary/aromatic N) is 4. The van der Waals surface area contributed by atoms with Gasteiger partial charge in [-0.3, -0.25) is 20.0 Å². The second kappa shape index (κ2) is 15.2. The molecular weight excluding hydrogens is 617 g/mol. The molecule has 244 valence electrons. The molecule has 1 heterocycles. The van der Waals surface area contributed by atoms with Crippen molar-refractivity contribution in [3.63, 3.8) is 0 Å². The fourth-order valence-corrected chi connectivity index (χ4v) is 6.22. The van der Waals surface area contributed by atoms with Crippen LogP contribution in [0.15, 0.2) is 178 Å². The first kappa shape index (κ1) is 32.2. The van der Waals surface area contributed by atoms with Crippen LogP contribution in [0, 0.1) is 0 Å². The highest BCUT2D eigenvalue weighted by atomic mass is 16.3. The number of hydrogen-bond donors (Lipinski definition) is 2. The molecule has 7 rings (SSSR count). The van der Waals surface area contributed by atoms with E-state index >= 15 is 0 Å². The number of phenolic OH excluding ortho intramolecular Hbond substituents is 2. The van der Waals surface area contributed by atoms with Crippen LogP contribution in [0.1, 0.15) is 68.7 Å². The van der Waals surface area contributed by atoms with Crippen molar-refractivity contribution < 1.29 is 10.2 Å².